The van der Waals surface area contributed by atoms with Crippen molar-refractivity contribution in [3.63, 3.8) is 0 Å². The van der Waals surface area contributed by atoms with Crippen molar-refractivity contribution in [1.29, 1.82) is 0 Å². The Morgan fingerprint density at radius 2 is 2.40 bits per heavy atom. The molecule has 4 nitrogen and oxygen atoms in total. The molecule has 0 radical (unpaired) electrons. The monoisotopic (exact) mass is 162 g/mol. The highest BCUT2D eigenvalue weighted by Gasteiger charge is 2.11. The SMILES string of the molecule is CO[NH2+]c1c(Cl)n[nH]c1C. The lowest BCUT2D eigenvalue weighted by Gasteiger charge is -1.91. The minimum atomic E-state index is 0.444. The second kappa shape index (κ2) is 3.01. The molecule has 0 aliphatic heterocycles. The average Bonchev–Trinajstić information content (AvgIpc) is 2.20. The molecule has 0 saturated heterocycles. The van der Waals surface area contributed by atoms with Crippen LogP contribution < -0.4 is 5.48 Å². The molecule has 3 N–H and O–H groups in total. The van der Waals surface area contributed by atoms with Crippen LogP contribution in [0.5, 0.6) is 0 Å². The van der Waals surface area contributed by atoms with Gasteiger partial charge in [-0.1, -0.05) is 11.6 Å². The Morgan fingerprint density at radius 3 is 2.80 bits per heavy atom. The zero-order chi connectivity index (χ0) is 7.56. The second-order valence-corrected chi connectivity index (χ2v) is 2.26. The Kier molecular flexibility index (Phi) is 2.26. The van der Waals surface area contributed by atoms with E-state index in [-0.39, 0.29) is 0 Å². The van der Waals surface area contributed by atoms with Crippen LogP contribution in [0.1, 0.15) is 5.69 Å². The molecule has 10 heavy (non-hydrogen) atoms. The molecule has 5 heteroatoms. The molecule has 0 bridgehead atoms. The van der Waals surface area contributed by atoms with Crippen molar-refractivity contribution < 1.29 is 10.3 Å². The average molecular weight is 163 g/mol. The van der Waals surface area contributed by atoms with E-state index in [0.29, 0.717) is 5.15 Å². The van der Waals surface area contributed by atoms with E-state index in [9.17, 15) is 0 Å². The number of quaternary nitrogens is 1. The van der Waals surface area contributed by atoms with Crippen molar-refractivity contribution in [3.05, 3.63) is 10.8 Å². The standard InChI is InChI=1S/C5H8ClN3O/c1-3-4(9-10-2)5(6)8-7-3/h9H,1-2H3,(H,7,8)/p+1. The molecule has 0 fully saturated rings. The predicted octanol–water partition coefficient (Wildman–Crippen LogP) is 0.128. The molecule has 0 saturated carbocycles. The van der Waals surface area contributed by atoms with E-state index in [2.05, 4.69) is 10.2 Å². The summed E-state index contributed by atoms with van der Waals surface area (Å²) < 4.78 is 0. The molecule has 0 amide bonds. The topological polar surface area (TPSA) is 54.5 Å². The van der Waals surface area contributed by atoms with Crippen LogP contribution >= 0.6 is 11.6 Å². The van der Waals surface area contributed by atoms with Crippen LogP contribution in [0.2, 0.25) is 5.15 Å². The fourth-order valence-corrected chi connectivity index (χ4v) is 0.892. The Bertz CT molecular complexity index is 203. The molecular weight excluding hydrogens is 154 g/mol. The second-order valence-electron chi connectivity index (χ2n) is 1.91. The number of nitrogens with zero attached hydrogens (tertiary/aromatic N) is 1. The van der Waals surface area contributed by atoms with Crippen LogP contribution in [0.25, 0.3) is 0 Å². The summed E-state index contributed by atoms with van der Waals surface area (Å²) in [6, 6.07) is 0. The van der Waals surface area contributed by atoms with Crippen LogP contribution in [0.3, 0.4) is 0 Å². The minimum absolute atomic E-state index is 0.444. The van der Waals surface area contributed by atoms with E-state index in [4.69, 9.17) is 16.4 Å². The summed E-state index contributed by atoms with van der Waals surface area (Å²) in [5.74, 6) is 0. The first kappa shape index (κ1) is 7.53. The number of halogens is 1. The Labute approximate surface area is 63.5 Å². The number of hydrogen-bond acceptors (Lipinski definition) is 2. The van der Waals surface area contributed by atoms with Crippen LogP contribution in [-0.4, -0.2) is 17.3 Å². The van der Waals surface area contributed by atoms with E-state index in [1.165, 1.54) is 0 Å². The highest BCUT2D eigenvalue weighted by atomic mass is 35.5. The number of rotatable bonds is 2. The smallest absolute Gasteiger partial charge is 0.222 e. The maximum Gasteiger partial charge on any atom is 0.222 e. The van der Waals surface area contributed by atoms with E-state index in [1.807, 2.05) is 6.92 Å². The summed E-state index contributed by atoms with van der Waals surface area (Å²) in [5.41, 5.74) is 3.28. The first-order chi connectivity index (χ1) is 4.75. The lowest BCUT2D eigenvalue weighted by atomic mass is 10.4. The molecule has 0 spiro atoms. The highest BCUT2D eigenvalue weighted by Crippen LogP contribution is 2.15. The first-order valence-corrected chi connectivity index (χ1v) is 3.20. The summed E-state index contributed by atoms with van der Waals surface area (Å²) >= 11 is 5.67. The Hall–Kier alpha value is -0.580. The van der Waals surface area contributed by atoms with Crippen LogP contribution in [0, 0.1) is 6.92 Å². The highest BCUT2D eigenvalue weighted by molar-refractivity contribution is 6.31. The van der Waals surface area contributed by atoms with Crippen molar-refractivity contribution in [1.82, 2.24) is 10.2 Å². The van der Waals surface area contributed by atoms with E-state index < -0.39 is 0 Å². The molecule has 1 aromatic rings. The van der Waals surface area contributed by atoms with E-state index in [0.717, 1.165) is 11.4 Å². The molecule has 0 atom stereocenters. The van der Waals surface area contributed by atoms with Crippen LogP contribution in [0.15, 0.2) is 0 Å². The lowest BCUT2D eigenvalue weighted by molar-refractivity contribution is -0.830. The zero-order valence-corrected chi connectivity index (χ0v) is 6.57. The van der Waals surface area contributed by atoms with Gasteiger partial charge in [0.2, 0.25) is 10.8 Å². The number of nitrogens with two attached hydrogens (primary N) is 1. The third-order valence-electron chi connectivity index (χ3n) is 1.18. The van der Waals surface area contributed by atoms with Gasteiger partial charge in [-0.3, -0.25) is 5.10 Å². The quantitative estimate of drug-likeness (QED) is 0.608. The van der Waals surface area contributed by atoms with Crippen molar-refractivity contribution in [2.45, 2.75) is 6.92 Å². The van der Waals surface area contributed by atoms with Gasteiger partial charge in [0.15, 0.2) is 0 Å². The van der Waals surface area contributed by atoms with Gasteiger partial charge >= 0.3 is 0 Å². The van der Waals surface area contributed by atoms with Gasteiger partial charge in [0.25, 0.3) is 0 Å². The fourth-order valence-electron chi connectivity index (χ4n) is 0.663. The van der Waals surface area contributed by atoms with Crippen molar-refractivity contribution >= 4 is 17.3 Å². The maximum absolute atomic E-state index is 5.67. The number of hydrogen-bond donors (Lipinski definition) is 2. The van der Waals surface area contributed by atoms with Gasteiger partial charge < -0.3 is 0 Å². The van der Waals surface area contributed by atoms with Crippen molar-refractivity contribution in [3.8, 4) is 0 Å². The fraction of sp³-hybridized carbons (Fsp3) is 0.400. The maximum atomic E-state index is 5.67. The molecule has 1 rings (SSSR count). The van der Waals surface area contributed by atoms with Gasteiger partial charge in [-0.25, -0.2) is 4.84 Å². The number of aromatic amines is 1. The predicted molar refractivity (Wildman–Crippen MR) is 36.9 cm³/mol. The third kappa shape index (κ3) is 1.29. The largest absolute Gasteiger partial charge is 0.275 e. The van der Waals surface area contributed by atoms with Gasteiger partial charge in [-0.05, 0) is 6.92 Å². The molecule has 0 aliphatic rings. The summed E-state index contributed by atoms with van der Waals surface area (Å²) in [4.78, 5) is 4.78. The number of H-pyrrole nitrogens is 1. The Morgan fingerprint density at radius 1 is 1.70 bits per heavy atom. The molecule has 1 heterocycles. The van der Waals surface area contributed by atoms with Crippen LogP contribution in [0.4, 0.5) is 5.69 Å². The molecule has 56 valence electrons. The minimum Gasteiger partial charge on any atom is -0.275 e. The molecular formula is C5H9ClN3O+. The number of aryl methyl sites for hydroxylation is 1. The van der Waals surface area contributed by atoms with Gasteiger partial charge in [-0.15, -0.1) is 0 Å². The molecule has 0 aromatic carbocycles. The van der Waals surface area contributed by atoms with E-state index in [1.54, 1.807) is 12.6 Å². The van der Waals surface area contributed by atoms with Crippen molar-refractivity contribution in [2.24, 2.45) is 0 Å². The summed E-state index contributed by atoms with van der Waals surface area (Å²) in [6.45, 7) is 1.88. The third-order valence-corrected chi connectivity index (χ3v) is 1.47. The molecule has 1 aromatic heterocycles. The van der Waals surface area contributed by atoms with Gasteiger partial charge in [-0.2, -0.15) is 10.6 Å². The van der Waals surface area contributed by atoms with Crippen molar-refractivity contribution in [2.75, 3.05) is 7.11 Å². The van der Waals surface area contributed by atoms with Gasteiger partial charge in [0.1, 0.15) is 0 Å². The van der Waals surface area contributed by atoms with Gasteiger partial charge in [0.05, 0.1) is 12.8 Å². The molecule has 0 unspecified atom stereocenters. The number of nitrogens with one attached hydrogen (secondary N) is 1. The zero-order valence-electron chi connectivity index (χ0n) is 5.81. The summed E-state index contributed by atoms with van der Waals surface area (Å²) in [5, 5.41) is 6.94. The summed E-state index contributed by atoms with van der Waals surface area (Å²) in [7, 11) is 1.57. The molecule has 0 aliphatic carbocycles. The Balaban J connectivity index is 2.87. The van der Waals surface area contributed by atoms with Crippen LogP contribution in [-0.2, 0) is 4.84 Å². The first-order valence-electron chi connectivity index (χ1n) is 2.82. The van der Waals surface area contributed by atoms with Gasteiger partial charge in [0, 0.05) is 0 Å². The normalized spacial score (nSPS) is 10.3. The summed E-state index contributed by atoms with van der Waals surface area (Å²) in [6.07, 6.45) is 0. The van der Waals surface area contributed by atoms with E-state index >= 15 is 0 Å². The lowest BCUT2D eigenvalue weighted by Crippen LogP contribution is -2.76. The number of aromatic nitrogens is 2.